The van der Waals surface area contributed by atoms with E-state index in [4.69, 9.17) is 0 Å². The lowest BCUT2D eigenvalue weighted by Crippen LogP contribution is -2.47. The summed E-state index contributed by atoms with van der Waals surface area (Å²) in [7, 11) is 0. The van der Waals surface area contributed by atoms with Crippen molar-refractivity contribution in [3.05, 3.63) is 64.3 Å². The maximum absolute atomic E-state index is 10.9. The number of non-ortho nitro benzene ring substituents is 1. The smallest absolute Gasteiger partial charge is 0.269 e. The van der Waals surface area contributed by atoms with Gasteiger partial charge in [0.1, 0.15) is 5.82 Å². The minimum absolute atomic E-state index is 0.154. The van der Waals surface area contributed by atoms with Crippen LogP contribution >= 0.6 is 0 Å². The molecule has 3 rings (SSSR count). The van der Waals surface area contributed by atoms with E-state index in [-0.39, 0.29) is 16.7 Å². The van der Waals surface area contributed by atoms with Crippen molar-refractivity contribution in [3.8, 4) is 0 Å². The molecule has 1 aliphatic heterocycles. The molecule has 0 unspecified atom stereocenters. The minimum atomic E-state index is -0.338. The van der Waals surface area contributed by atoms with Crippen LogP contribution in [0.25, 0.3) is 0 Å². The van der Waals surface area contributed by atoms with Crippen molar-refractivity contribution in [2.24, 2.45) is 0 Å². The average molecular weight is 312 g/mol. The van der Waals surface area contributed by atoms with Crippen LogP contribution in [-0.4, -0.2) is 41.0 Å². The summed E-state index contributed by atoms with van der Waals surface area (Å²) >= 11 is 0. The van der Waals surface area contributed by atoms with Crippen LogP contribution in [0.15, 0.2) is 48.7 Å². The molecule has 0 saturated carbocycles. The van der Waals surface area contributed by atoms with Crippen molar-refractivity contribution in [2.45, 2.75) is 13.0 Å². The maximum atomic E-state index is 10.9. The Hall–Kier alpha value is -2.47. The molecule has 0 N–H and O–H groups in total. The van der Waals surface area contributed by atoms with E-state index in [2.05, 4.69) is 21.7 Å². The molecule has 23 heavy (non-hydrogen) atoms. The van der Waals surface area contributed by atoms with Crippen LogP contribution in [0, 0.1) is 10.1 Å². The number of piperazine rings is 1. The second-order valence-corrected chi connectivity index (χ2v) is 5.74. The van der Waals surface area contributed by atoms with Gasteiger partial charge in [-0.05, 0) is 24.6 Å². The van der Waals surface area contributed by atoms with E-state index in [1.54, 1.807) is 12.1 Å². The molecule has 120 valence electrons. The predicted molar refractivity (Wildman–Crippen MR) is 89.5 cm³/mol. The highest BCUT2D eigenvalue weighted by Gasteiger charge is 2.23. The summed E-state index contributed by atoms with van der Waals surface area (Å²) in [5.74, 6) is 1.01. The second-order valence-electron chi connectivity index (χ2n) is 5.74. The minimum Gasteiger partial charge on any atom is -0.354 e. The zero-order valence-electron chi connectivity index (χ0n) is 13.1. The summed E-state index contributed by atoms with van der Waals surface area (Å²) < 4.78 is 0. The third-order valence-electron chi connectivity index (χ3n) is 4.40. The van der Waals surface area contributed by atoms with Crippen LogP contribution in [0.4, 0.5) is 11.5 Å². The predicted octanol–water partition coefficient (Wildman–Crippen LogP) is 2.87. The van der Waals surface area contributed by atoms with Crippen LogP contribution in [-0.2, 0) is 0 Å². The summed E-state index contributed by atoms with van der Waals surface area (Å²) in [6.07, 6.45) is 1.81. The second kappa shape index (κ2) is 6.75. The van der Waals surface area contributed by atoms with Gasteiger partial charge in [0.2, 0.25) is 0 Å². The molecule has 0 amide bonds. The Kier molecular flexibility index (Phi) is 4.52. The first-order valence-corrected chi connectivity index (χ1v) is 7.79. The number of nitro benzene ring substituents is 1. The first-order valence-electron chi connectivity index (χ1n) is 7.79. The van der Waals surface area contributed by atoms with E-state index < -0.39 is 0 Å². The number of rotatable bonds is 4. The topological polar surface area (TPSA) is 62.5 Å². The lowest BCUT2D eigenvalue weighted by molar-refractivity contribution is -0.384. The summed E-state index contributed by atoms with van der Waals surface area (Å²) in [4.78, 5) is 19.6. The highest BCUT2D eigenvalue weighted by atomic mass is 16.6. The molecule has 0 spiro atoms. The van der Waals surface area contributed by atoms with Crippen molar-refractivity contribution < 1.29 is 4.92 Å². The fourth-order valence-electron chi connectivity index (χ4n) is 2.99. The van der Waals surface area contributed by atoms with E-state index in [1.807, 2.05) is 30.5 Å². The fourth-order valence-corrected chi connectivity index (χ4v) is 2.99. The van der Waals surface area contributed by atoms with Gasteiger partial charge in [0.15, 0.2) is 0 Å². The van der Waals surface area contributed by atoms with Crippen LogP contribution < -0.4 is 4.90 Å². The molecular weight excluding hydrogens is 292 g/mol. The number of aromatic nitrogens is 1. The first kappa shape index (κ1) is 15.4. The van der Waals surface area contributed by atoms with Gasteiger partial charge in [-0.3, -0.25) is 15.0 Å². The Morgan fingerprint density at radius 1 is 1.13 bits per heavy atom. The van der Waals surface area contributed by atoms with Crippen molar-refractivity contribution in [1.82, 2.24) is 9.88 Å². The molecule has 1 saturated heterocycles. The molecular formula is C17H20N4O2. The quantitative estimate of drug-likeness (QED) is 0.641. The number of benzene rings is 1. The highest BCUT2D eigenvalue weighted by molar-refractivity contribution is 5.39. The lowest BCUT2D eigenvalue weighted by atomic mass is 10.1. The van der Waals surface area contributed by atoms with Gasteiger partial charge in [-0.2, -0.15) is 0 Å². The van der Waals surface area contributed by atoms with Crippen LogP contribution in [0.3, 0.4) is 0 Å². The standard InChI is InChI=1S/C17H20N4O2/c1-14(15-5-4-6-16(13-15)21(22)23)19-9-11-20(12-10-19)17-7-2-3-8-18-17/h2-8,13-14H,9-12H2,1H3/t14-/m1/s1. The Morgan fingerprint density at radius 3 is 2.57 bits per heavy atom. The van der Waals surface area contributed by atoms with Crippen LogP contribution in [0.5, 0.6) is 0 Å². The van der Waals surface area contributed by atoms with Gasteiger partial charge < -0.3 is 4.90 Å². The SMILES string of the molecule is C[C@H](c1cccc([N+](=O)[O-])c1)N1CCN(c2ccccn2)CC1. The molecule has 2 heterocycles. The van der Waals surface area contributed by atoms with Gasteiger partial charge in [-0.25, -0.2) is 4.98 Å². The third-order valence-corrected chi connectivity index (χ3v) is 4.40. The highest BCUT2D eigenvalue weighted by Crippen LogP contribution is 2.25. The normalized spacial score (nSPS) is 17.0. The molecule has 1 atom stereocenters. The molecule has 1 fully saturated rings. The molecule has 6 heteroatoms. The number of nitrogens with zero attached hydrogens (tertiary/aromatic N) is 4. The van der Waals surface area contributed by atoms with Gasteiger partial charge in [0.05, 0.1) is 4.92 Å². The van der Waals surface area contributed by atoms with Crippen LogP contribution in [0.1, 0.15) is 18.5 Å². The average Bonchev–Trinajstić information content (AvgIpc) is 2.62. The number of hydrogen-bond acceptors (Lipinski definition) is 5. The van der Waals surface area contributed by atoms with Gasteiger partial charge >= 0.3 is 0 Å². The van der Waals surface area contributed by atoms with Gasteiger partial charge in [0.25, 0.3) is 5.69 Å². The summed E-state index contributed by atoms with van der Waals surface area (Å²) in [5.41, 5.74) is 1.15. The van der Waals surface area contributed by atoms with E-state index in [1.165, 1.54) is 6.07 Å². The first-order chi connectivity index (χ1) is 11.1. The van der Waals surface area contributed by atoms with Gasteiger partial charge in [0, 0.05) is 50.6 Å². The molecule has 1 aromatic heterocycles. The van der Waals surface area contributed by atoms with E-state index in [9.17, 15) is 10.1 Å². The monoisotopic (exact) mass is 312 g/mol. The Bertz CT molecular complexity index is 669. The fraction of sp³-hybridized carbons (Fsp3) is 0.353. The van der Waals surface area contributed by atoms with E-state index >= 15 is 0 Å². The third kappa shape index (κ3) is 3.48. The number of pyridine rings is 1. The zero-order chi connectivity index (χ0) is 16.2. The van der Waals surface area contributed by atoms with Crippen molar-refractivity contribution in [2.75, 3.05) is 31.1 Å². The number of nitro groups is 1. The Labute approximate surface area is 135 Å². The summed E-state index contributed by atoms with van der Waals surface area (Å²) in [5, 5.41) is 10.9. The van der Waals surface area contributed by atoms with Crippen molar-refractivity contribution in [3.63, 3.8) is 0 Å². The largest absolute Gasteiger partial charge is 0.354 e. The molecule has 1 aliphatic rings. The van der Waals surface area contributed by atoms with E-state index in [0.717, 1.165) is 37.6 Å². The molecule has 0 radical (unpaired) electrons. The number of hydrogen-bond donors (Lipinski definition) is 0. The zero-order valence-corrected chi connectivity index (χ0v) is 13.1. The molecule has 2 aromatic rings. The van der Waals surface area contributed by atoms with Crippen LogP contribution in [0.2, 0.25) is 0 Å². The Balaban J connectivity index is 1.65. The van der Waals surface area contributed by atoms with Gasteiger partial charge in [-0.1, -0.05) is 18.2 Å². The lowest BCUT2D eigenvalue weighted by Gasteiger charge is -2.38. The summed E-state index contributed by atoms with van der Waals surface area (Å²) in [6, 6.07) is 13.0. The molecule has 1 aromatic carbocycles. The van der Waals surface area contributed by atoms with Crippen molar-refractivity contribution >= 4 is 11.5 Å². The molecule has 0 bridgehead atoms. The van der Waals surface area contributed by atoms with E-state index in [0.29, 0.717) is 0 Å². The maximum Gasteiger partial charge on any atom is 0.269 e. The van der Waals surface area contributed by atoms with Gasteiger partial charge in [-0.15, -0.1) is 0 Å². The molecule has 6 nitrogen and oxygen atoms in total. The molecule has 0 aliphatic carbocycles. The van der Waals surface area contributed by atoms with Crippen molar-refractivity contribution in [1.29, 1.82) is 0 Å². The Morgan fingerprint density at radius 2 is 1.91 bits per heavy atom. The number of anilines is 1. The summed E-state index contributed by atoms with van der Waals surface area (Å²) in [6.45, 7) is 5.77.